The van der Waals surface area contributed by atoms with E-state index in [0.29, 0.717) is 18.1 Å². The quantitative estimate of drug-likeness (QED) is 0.483. The van der Waals surface area contributed by atoms with Gasteiger partial charge in [0.1, 0.15) is 6.10 Å². The van der Waals surface area contributed by atoms with Gasteiger partial charge in [0.25, 0.3) is 0 Å². The van der Waals surface area contributed by atoms with Gasteiger partial charge in [0.05, 0.1) is 19.8 Å². The Bertz CT molecular complexity index is 1100. The summed E-state index contributed by atoms with van der Waals surface area (Å²) in [5, 5.41) is 0.673. The van der Waals surface area contributed by atoms with Gasteiger partial charge in [-0.1, -0.05) is 72.3 Å². The average molecular weight is 463 g/mol. The highest BCUT2D eigenvalue weighted by Gasteiger charge is 2.32. The Morgan fingerprint density at radius 2 is 1.61 bits per heavy atom. The summed E-state index contributed by atoms with van der Waals surface area (Å²) in [6.45, 7) is 5.52. The molecule has 2 aliphatic rings. The maximum absolute atomic E-state index is 12.4. The molecule has 1 unspecified atom stereocenters. The van der Waals surface area contributed by atoms with Crippen LogP contribution < -0.4 is 0 Å². The molecule has 6 heteroatoms. The number of amides is 1. The van der Waals surface area contributed by atoms with E-state index in [1.807, 2.05) is 24.3 Å². The second kappa shape index (κ2) is 9.96. The molecule has 170 valence electrons. The van der Waals surface area contributed by atoms with E-state index in [1.165, 1.54) is 16.7 Å². The summed E-state index contributed by atoms with van der Waals surface area (Å²) in [6.07, 6.45) is -0.545. The van der Waals surface area contributed by atoms with Gasteiger partial charge < -0.3 is 9.47 Å². The summed E-state index contributed by atoms with van der Waals surface area (Å²) in [5.74, 6) is 0. The molecule has 3 aromatic rings. The van der Waals surface area contributed by atoms with E-state index in [9.17, 15) is 4.79 Å². The van der Waals surface area contributed by atoms with E-state index in [1.54, 1.807) is 4.90 Å². The molecule has 5 rings (SSSR count). The maximum atomic E-state index is 12.4. The Kier molecular flexibility index (Phi) is 6.63. The minimum Gasteiger partial charge on any atom is -0.439 e. The van der Waals surface area contributed by atoms with Crippen molar-refractivity contribution in [1.29, 1.82) is 0 Å². The predicted molar refractivity (Wildman–Crippen MR) is 129 cm³/mol. The van der Waals surface area contributed by atoms with Crippen molar-refractivity contribution < 1.29 is 14.3 Å². The number of ether oxygens (including phenoxy) is 2. The van der Waals surface area contributed by atoms with Gasteiger partial charge in [-0.2, -0.15) is 0 Å². The summed E-state index contributed by atoms with van der Waals surface area (Å²) in [7, 11) is 0. The summed E-state index contributed by atoms with van der Waals surface area (Å²) in [4.78, 5) is 16.6. The molecule has 0 aliphatic carbocycles. The monoisotopic (exact) mass is 462 g/mol. The first-order chi connectivity index (χ1) is 16.2. The van der Waals surface area contributed by atoms with Crippen LogP contribution in [0, 0.1) is 0 Å². The summed E-state index contributed by atoms with van der Waals surface area (Å²) >= 11 is 5.97. The summed E-state index contributed by atoms with van der Waals surface area (Å²) in [6, 6.07) is 24.5. The van der Waals surface area contributed by atoms with Gasteiger partial charge in [-0.15, -0.1) is 0 Å². The highest BCUT2D eigenvalue weighted by molar-refractivity contribution is 6.30. The molecule has 3 aromatic carbocycles. The van der Waals surface area contributed by atoms with E-state index in [2.05, 4.69) is 53.4 Å². The number of nitrogens with zero attached hydrogens (tertiary/aromatic N) is 2. The average Bonchev–Trinajstić information content (AvgIpc) is 3.21. The number of rotatable bonds is 6. The van der Waals surface area contributed by atoms with Gasteiger partial charge in [0, 0.05) is 31.2 Å². The van der Waals surface area contributed by atoms with Crippen LogP contribution in [0.5, 0.6) is 0 Å². The van der Waals surface area contributed by atoms with E-state index < -0.39 is 0 Å². The number of halogens is 1. The van der Waals surface area contributed by atoms with Gasteiger partial charge in [0.15, 0.2) is 0 Å². The molecule has 0 radical (unpaired) electrons. The van der Waals surface area contributed by atoms with Crippen molar-refractivity contribution in [2.45, 2.75) is 19.2 Å². The van der Waals surface area contributed by atoms with Crippen LogP contribution in [0.2, 0.25) is 5.02 Å². The maximum Gasteiger partial charge on any atom is 0.410 e. The van der Waals surface area contributed by atoms with Crippen LogP contribution in [0.3, 0.4) is 0 Å². The fraction of sp³-hybridized carbons (Fsp3) is 0.296. The standard InChI is InChI=1S/C27H27ClN2O3/c28-24-11-9-22(10-12-24)26-19-30(27(31)33-26)17-20-5-7-21(8-6-20)25-4-2-1-3-23(25)18-29-13-15-32-16-14-29/h1-12,26H,13-19H2. The van der Waals surface area contributed by atoms with Crippen molar-refractivity contribution in [2.75, 3.05) is 32.8 Å². The zero-order valence-corrected chi connectivity index (χ0v) is 19.2. The molecule has 0 bridgehead atoms. The molecule has 5 nitrogen and oxygen atoms in total. The van der Waals surface area contributed by atoms with Crippen molar-refractivity contribution in [3.63, 3.8) is 0 Å². The number of morpholine rings is 1. The molecule has 2 saturated heterocycles. The van der Waals surface area contributed by atoms with Gasteiger partial charge in [-0.05, 0) is 39.9 Å². The second-order valence-electron chi connectivity index (χ2n) is 8.55. The Labute approximate surface area is 199 Å². The smallest absolute Gasteiger partial charge is 0.410 e. The molecule has 0 N–H and O–H groups in total. The van der Waals surface area contributed by atoms with Crippen molar-refractivity contribution in [3.8, 4) is 11.1 Å². The molecular formula is C27H27ClN2O3. The first kappa shape index (κ1) is 22.0. The van der Waals surface area contributed by atoms with E-state index in [-0.39, 0.29) is 12.2 Å². The largest absolute Gasteiger partial charge is 0.439 e. The zero-order chi connectivity index (χ0) is 22.6. The summed E-state index contributed by atoms with van der Waals surface area (Å²) in [5.41, 5.74) is 5.80. The SMILES string of the molecule is O=C1OC(c2ccc(Cl)cc2)CN1Cc1ccc(-c2ccccc2CN2CCOCC2)cc1. The van der Waals surface area contributed by atoms with Gasteiger partial charge in [-0.3, -0.25) is 9.80 Å². The van der Waals surface area contributed by atoms with Crippen LogP contribution in [0.25, 0.3) is 11.1 Å². The highest BCUT2D eigenvalue weighted by atomic mass is 35.5. The number of cyclic esters (lactones) is 1. The molecule has 1 amide bonds. The lowest BCUT2D eigenvalue weighted by molar-refractivity contribution is 0.0342. The first-order valence-electron chi connectivity index (χ1n) is 11.3. The molecule has 0 spiro atoms. The molecule has 0 saturated carbocycles. The van der Waals surface area contributed by atoms with Crippen LogP contribution in [0.1, 0.15) is 22.8 Å². The Hall–Kier alpha value is -2.86. The Morgan fingerprint density at radius 3 is 2.36 bits per heavy atom. The lowest BCUT2D eigenvalue weighted by Gasteiger charge is -2.27. The third-order valence-corrected chi connectivity index (χ3v) is 6.53. The van der Waals surface area contributed by atoms with Gasteiger partial charge in [0.2, 0.25) is 0 Å². The lowest BCUT2D eigenvalue weighted by atomic mass is 9.98. The molecule has 1 atom stereocenters. The number of carbonyl (C=O) groups excluding carboxylic acids is 1. The molecule has 2 fully saturated rings. The fourth-order valence-corrected chi connectivity index (χ4v) is 4.56. The van der Waals surface area contributed by atoms with Crippen molar-refractivity contribution >= 4 is 17.7 Å². The van der Waals surface area contributed by atoms with Crippen LogP contribution in [-0.2, 0) is 22.6 Å². The number of hydrogen-bond donors (Lipinski definition) is 0. The molecule has 2 heterocycles. The van der Waals surface area contributed by atoms with E-state index in [0.717, 1.165) is 44.0 Å². The van der Waals surface area contributed by atoms with Gasteiger partial charge in [-0.25, -0.2) is 4.79 Å². The second-order valence-corrected chi connectivity index (χ2v) is 8.98. The third-order valence-electron chi connectivity index (χ3n) is 6.28. The minimum absolute atomic E-state index is 0.263. The zero-order valence-electron chi connectivity index (χ0n) is 18.5. The molecular weight excluding hydrogens is 436 g/mol. The Balaban J connectivity index is 1.26. The van der Waals surface area contributed by atoms with Crippen LogP contribution in [-0.4, -0.2) is 48.7 Å². The molecule has 2 aliphatic heterocycles. The molecule has 0 aromatic heterocycles. The van der Waals surface area contributed by atoms with Crippen molar-refractivity contribution in [1.82, 2.24) is 9.80 Å². The third kappa shape index (κ3) is 5.22. The Morgan fingerprint density at radius 1 is 0.879 bits per heavy atom. The van der Waals surface area contributed by atoms with E-state index in [4.69, 9.17) is 21.1 Å². The molecule has 33 heavy (non-hydrogen) atoms. The topological polar surface area (TPSA) is 42.0 Å². The number of carbonyl (C=O) groups is 1. The normalized spacial score (nSPS) is 19.0. The first-order valence-corrected chi connectivity index (χ1v) is 11.7. The highest BCUT2D eigenvalue weighted by Crippen LogP contribution is 2.29. The number of benzene rings is 3. The minimum atomic E-state index is -0.283. The number of hydrogen-bond acceptors (Lipinski definition) is 4. The fourth-order valence-electron chi connectivity index (χ4n) is 4.44. The van der Waals surface area contributed by atoms with Gasteiger partial charge >= 0.3 is 6.09 Å². The van der Waals surface area contributed by atoms with Crippen LogP contribution in [0.4, 0.5) is 4.79 Å². The van der Waals surface area contributed by atoms with Crippen molar-refractivity contribution in [2.24, 2.45) is 0 Å². The summed E-state index contributed by atoms with van der Waals surface area (Å²) < 4.78 is 11.1. The van der Waals surface area contributed by atoms with Crippen LogP contribution >= 0.6 is 11.6 Å². The predicted octanol–water partition coefficient (Wildman–Crippen LogP) is 5.53. The van der Waals surface area contributed by atoms with Crippen molar-refractivity contribution in [3.05, 3.63) is 94.5 Å². The lowest BCUT2D eigenvalue weighted by Crippen LogP contribution is -2.35. The van der Waals surface area contributed by atoms with Crippen LogP contribution in [0.15, 0.2) is 72.8 Å². The van der Waals surface area contributed by atoms with E-state index >= 15 is 0 Å².